The number of hydrogen-bond acceptors (Lipinski definition) is 3. The molecule has 0 saturated heterocycles. The van der Waals surface area contributed by atoms with E-state index in [0.717, 1.165) is 17.1 Å². The van der Waals surface area contributed by atoms with Crippen molar-refractivity contribution in [2.75, 3.05) is 0 Å². The van der Waals surface area contributed by atoms with E-state index < -0.39 is 11.9 Å². The van der Waals surface area contributed by atoms with Gasteiger partial charge in [-0.3, -0.25) is 4.98 Å². The molecule has 0 aliphatic heterocycles. The van der Waals surface area contributed by atoms with E-state index in [1.165, 1.54) is 16.8 Å². The molecule has 3 aromatic rings. The van der Waals surface area contributed by atoms with E-state index in [9.17, 15) is 9.50 Å². The van der Waals surface area contributed by atoms with Crippen LogP contribution in [0.1, 0.15) is 17.4 Å². The number of rotatable bonds is 3. The quantitative estimate of drug-likeness (QED) is 0.789. The van der Waals surface area contributed by atoms with Crippen LogP contribution in [0.5, 0.6) is 0 Å². The number of fused-ring (bicyclic) bond motifs is 1. The number of pyridine rings is 1. The Hall–Kier alpha value is -1.78. The molecule has 3 rings (SSSR count). The van der Waals surface area contributed by atoms with E-state index in [2.05, 4.69) is 16.4 Å². The third-order valence-corrected chi connectivity index (χ3v) is 4.08. The average Bonchev–Trinajstić information content (AvgIpc) is 2.83. The van der Waals surface area contributed by atoms with Crippen molar-refractivity contribution in [3.63, 3.8) is 0 Å². The molecule has 2 nitrogen and oxygen atoms in total. The zero-order valence-corrected chi connectivity index (χ0v) is 10.9. The van der Waals surface area contributed by atoms with Gasteiger partial charge in [-0.2, -0.15) is 0 Å². The number of aliphatic hydroxyl groups excluding tert-OH is 1. The highest BCUT2D eigenvalue weighted by Crippen LogP contribution is 2.29. The van der Waals surface area contributed by atoms with E-state index >= 15 is 0 Å². The Bertz CT molecular complexity index is 693. The predicted molar refractivity (Wildman–Crippen MR) is 74.7 cm³/mol. The topological polar surface area (TPSA) is 33.1 Å². The van der Waals surface area contributed by atoms with E-state index in [4.69, 9.17) is 0 Å². The van der Waals surface area contributed by atoms with Gasteiger partial charge in [-0.05, 0) is 34.5 Å². The molecule has 1 aromatic carbocycles. The molecule has 2 heterocycles. The van der Waals surface area contributed by atoms with Gasteiger partial charge < -0.3 is 5.11 Å². The maximum atomic E-state index is 12.8. The molecule has 19 heavy (non-hydrogen) atoms. The second-order valence-electron chi connectivity index (χ2n) is 4.38. The fourth-order valence-corrected chi connectivity index (χ4v) is 3.06. The predicted octanol–water partition coefficient (Wildman–Crippen LogP) is 3.71. The van der Waals surface area contributed by atoms with Crippen LogP contribution in [-0.2, 0) is 6.42 Å². The molecule has 1 atom stereocenters. The fraction of sp³-hybridized carbons (Fsp3) is 0.133. The second-order valence-corrected chi connectivity index (χ2v) is 5.29. The first-order chi connectivity index (χ1) is 9.24. The Morgan fingerprint density at radius 3 is 2.84 bits per heavy atom. The first kappa shape index (κ1) is 12.3. The standard InChI is InChI=1S/C15H12FNOS/c16-11-5-6-13(17-8-11)14(18)7-10-9-19-15-4-2-1-3-12(10)15/h1-6,8-9,14,18H,7H2. The molecule has 96 valence electrons. The van der Waals surface area contributed by atoms with Crippen molar-refractivity contribution in [1.82, 2.24) is 4.98 Å². The van der Waals surface area contributed by atoms with Crippen molar-refractivity contribution in [1.29, 1.82) is 0 Å². The Morgan fingerprint density at radius 2 is 2.05 bits per heavy atom. The summed E-state index contributed by atoms with van der Waals surface area (Å²) in [6, 6.07) is 10.9. The maximum absolute atomic E-state index is 12.8. The van der Waals surface area contributed by atoms with E-state index in [-0.39, 0.29) is 0 Å². The Kier molecular flexibility index (Phi) is 3.27. The molecule has 0 bridgehead atoms. The van der Waals surface area contributed by atoms with E-state index in [1.54, 1.807) is 11.3 Å². The fourth-order valence-electron chi connectivity index (χ4n) is 2.09. The zero-order chi connectivity index (χ0) is 13.2. The summed E-state index contributed by atoms with van der Waals surface area (Å²) in [6.45, 7) is 0. The Morgan fingerprint density at radius 1 is 1.21 bits per heavy atom. The van der Waals surface area contributed by atoms with Crippen LogP contribution in [0, 0.1) is 5.82 Å². The summed E-state index contributed by atoms with van der Waals surface area (Å²) in [4.78, 5) is 3.92. The van der Waals surface area contributed by atoms with Crippen molar-refractivity contribution in [3.05, 3.63) is 65.0 Å². The summed E-state index contributed by atoms with van der Waals surface area (Å²) >= 11 is 1.66. The van der Waals surface area contributed by atoms with Gasteiger partial charge in [-0.15, -0.1) is 11.3 Å². The van der Waals surface area contributed by atoms with Crippen molar-refractivity contribution in [3.8, 4) is 0 Å². The molecule has 0 fully saturated rings. The monoisotopic (exact) mass is 273 g/mol. The number of aromatic nitrogens is 1. The smallest absolute Gasteiger partial charge is 0.141 e. The molecule has 0 aliphatic rings. The third-order valence-electron chi connectivity index (χ3n) is 3.07. The van der Waals surface area contributed by atoms with E-state index in [0.29, 0.717) is 12.1 Å². The van der Waals surface area contributed by atoms with Crippen LogP contribution in [0.25, 0.3) is 10.1 Å². The van der Waals surface area contributed by atoms with Gasteiger partial charge in [0.2, 0.25) is 0 Å². The molecular weight excluding hydrogens is 261 g/mol. The summed E-state index contributed by atoms with van der Waals surface area (Å²) in [6.07, 6.45) is 0.908. The van der Waals surface area contributed by atoms with Crippen molar-refractivity contribution < 1.29 is 9.50 Å². The second kappa shape index (κ2) is 5.07. The molecule has 1 N–H and O–H groups in total. The van der Waals surface area contributed by atoms with Gasteiger partial charge >= 0.3 is 0 Å². The highest BCUT2D eigenvalue weighted by atomic mass is 32.1. The summed E-state index contributed by atoms with van der Waals surface area (Å²) < 4.78 is 14.0. The van der Waals surface area contributed by atoms with Gasteiger partial charge in [0.15, 0.2) is 0 Å². The average molecular weight is 273 g/mol. The number of aliphatic hydroxyl groups is 1. The molecule has 1 unspecified atom stereocenters. The molecule has 0 saturated carbocycles. The van der Waals surface area contributed by atoms with Crippen LogP contribution in [-0.4, -0.2) is 10.1 Å². The Balaban J connectivity index is 1.86. The van der Waals surface area contributed by atoms with Crippen LogP contribution in [0.15, 0.2) is 48.0 Å². The van der Waals surface area contributed by atoms with Gasteiger partial charge in [-0.25, -0.2) is 4.39 Å². The molecule has 2 aromatic heterocycles. The number of nitrogens with zero attached hydrogens (tertiary/aromatic N) is 1. The lowest BCUT2D eigenvalue weighted by molar-refractivity contribution is 0.174. The molecule has 0 radical (unpaired) electrons. The van der Waals surface area contributed by atoms with Crippen LogP contribution in [0.2, 0.25) is 0 Å². The van der Waals surface area contributed by atoms with Crippen LogP contribution >= 0.6 is 11.3 Å². The van der Waals surface area contributed by atoms with Gasteiger partial charge in [0.1, 0.15) is 5.82 Å². The van der Waals surface area contributed by atoms with Crippen LogP contribution in [0.4, 0.5) is 4.39 Å². The minimum Gasteiger partial charge on any atom is -0.386 e. The van der Waals surface area contributed by atoms with Gasteiger partial charge in [0, 0.05) is 11.1 Å². The first-order valence-electron chi connectivity index (χ1n) is 5.98. The number of halogens is 1. The van der Waals surface area contributed by atoms with Gasteiger partial charge in [0.05, 0.1) is 18.0 Å². The lowest BCUT2D eigenvalue weighted by Crippen LogP contribution is -2.03. The van der Waals surface area contributed by atoms with Crippen molar-refractivity contribution in [2.24, 2.45) is 0 Å². The number of hydrogen-bond donors (Lipinski definition) is 1. The minimum absolute atomic E-state index is 0.392. The molecular formula is C15H12FNOS. The first-order valence-corrected chi connectivity index (χ1v) is 6.86. The SMILES string of the molecule is OC(Cc1csc2ccccc12)c1ccc(F)cn1. The van der Waals surface area contributed by atoms with E-state index in [1.807, 2.05) is 18.2 Å². The highest BCUT2D eigenvalue weighted by molar-refractivity contribution is 7.17. The highest BCUT2D eigenvalue weighted by Gasteiger charge is 2.13. The summed E-state index contributed by atoms with van der Waals surface area (Å²) in [5.41, 5.74) is 1.59. The molecule has 0 amide bonds. The summed E-state index contributed by atoms with van der Waals surface area (Å²) in [5.74, 6) is -0.392. The van der Waals surface area contributed by atoms with Crippen LogP contribution in [0.3, 0.4) is 0 Å². The lowest BCUT2D eigenvalue weighted by atomic mass is 10.0. The maximum Gasteiger partial charge on any atom is 0.141 e. The zero-order valence-electron chi connectivity index (χ0n) is 10.1. The van der Waals surface area contributed by atoms with Gasteiger partial charge in [-0.1, -0.05) is 18.2 Å². The normalized spacial score (nSPS) is 12.7. The van der Waals surface area contributed by atoms with Crippen molar-refractivity contribution >= 4 is 21.4 Å². The van der Waals surface area contributed by atoms with Crippen molar-refractivity contribution in [2.45, 2.75) is 12.5 Å². The number of thiophene rings is 1. The third kappa shape index (κ3) is 2.50. The van der Waals surface area contributed by atoms with Gasteiger partial charge in [0.25, 0.3) is 0 Å². The lowest BCUT2D eigenvalue weighted by Gasteiger charge is -2.09. The summed E-state index contributed by atoms with van der Waals surface area (Å²) in [7, 11) is 0. The largest absolute Gasteiger partial charge is 0.386 e. The van der Waals surface area contributed by atoms with Crippen LogP contribution < -0.4 is 0 Å². The molecule has 4 heteroatoms. The molecule has 0 spiro atoms. The minimum atomic E-state index is -0.710. The number of benzene rings is 1. The Labute approximate surface area is 114 Å². The molecule has 0 aliphatic carbocycles. The summed E-state index contributed by atoms with van der Waals surface area (Å²) in [5, 5.41) is 13.4.